The molecule has 1 fully saturated rings. The van der Waals surface area contributed by atoms with Crippen molar-refractivity contribution < 1.29 is 14.6 Å². The van der Waals surface area contributed by atoms with E-state index >= 15 is 0 Å². The quantitative estimate of drug-likeness (QED) is 0.739. The molecule has 1 saturated heterocycles. The molecule has 24 heavy (non-hydrogen) atoms. The number of hydrogen-bond donors (Lipinski definition) is 3. The molecule has 128 valence electrons. The molecule has 0 spiro atoms. The number of H-pyrrole nitrogens is 1. The van der Waals surface area contributed by atoms with Crippen LogP contribution in [-0.2, 0) is 11.3 Å². The summed E-state index contributed by atoms with van der Waals surface area (Å²) >= 11 is 0. The molecule has 0 bridgehead atoms. The predicted octanol–water partition coefficient (Wildman–Crippen LogP) is 1.14. The summed E-state index contributed by atoms with van der Waals surface area (Å²) in [7, 11) is 0. The van der Waals surface area contributed by atoms with Crippen molar-refractivity contribution >= 4 is 5.91 Å². The standard InChI is InChI=1S/C17H22N4O3/c22-16-4-2-1-3-15(16)17(23)19-6-5-14-11-21(7-8-24-14)10-13-9-18-12-20-13/h1-4,9,12,14,22H,5-8,10-11H2,(H,18,20)(H,19,23)/t14-/m0/s1. The van der Waals surface area contributed by atoms with Gasteiger partial charge in [0, 0.05) is 38.1 Å². The fraction of sp³-hybridized carbons (Fsp3) is 0.412. The van der Waals surface area contributed by atoms with Gasteiger partial charge in [0.25, 0.3) is 5.91 Å². The second kappa shape index (κ2) is 7.94. The number of para-hydroxylation sites is 1. The number of ether oxygens (including phenoxy) is 1. The van der Waals surface area contributed by atoms with Crippen LogP contribution < -0.4 is 5.32 Å². The number of nitrogens with zero attached hydrogens (tertiary/aromatic N) is 2. The zero-order valence-electron chi connectivity index (χ0n) is 13.4. The minimum absolute atomic E-state index is 0.00495. The molecule has 0 unspecified atom stereocenters. The topological polar surface area (TPSA) is 90.5 Å². The van der Waals surface area contributed by atoms with Crippen LogP contribution in [0, 0.1) is 0 Å². The molecule has 1 aliphatic heterocycles. The van der Waals surface area contributed by atoms with E-state index in [0.29, 0.717) is 18.7 Å². The van der Waals surface area contributed by atoms with Crippen molar-refractivity contribution in [2.45, 2.75) is 19.1 Å². The molecular weight excluding hydrogens is 308 g/mol. The van der Waals surface area contributed by atoms with Gasteiger partial charge < -0.3 is 20.1 Å². The van der Waals surface area contributed by atoms with E-state index in [9.17, 15) is 9.90 Å². The molecular formula is C17H22N4O3. The third-order valence-electron chi connectivity index (χ3n) is 4.07. The maximum Gasteiger partial charge on any atom is 0.255 e. The Kier molecular flexibility index (Phi) is 5.45. The van der Waals surface area contributed by atoms with Gasteiger partial charge in [-0.15, -0.1) is 0 Å². The number of carbonyl (C=O) groups is 1. The average molecular weight is 330 g/mol. The Balaban J connectivity index is 1.43. The Bertz CT molecular complexity index is 660. The number of aromatic amines is 1. The number of imidazole rings is 1. The van der Waals surface area contributed by atoms with Crippen molar-refractivity contribution in [3.8, 4) is 5.75 Å². The second-order valence-corrected chi connectivity index (χ2v) is 5.87. The normalized spacial score (nSPS) is 18.4. The summed E-state index contributed by atoms with van der Waals surface area (Å²) in [5.74, 6) is -0.270. The number of phenolic OH excluding ortho intramolecular Hbond substituents is 1. The van der Waals surface area contributed by atoms with E-state index in [-0.39, 0.29) is 17.8 Å². The van der Waals surface area contributed by atoms with Crippen molar-refractivity contribution in [3.05, 3.63) is 48.0 Å². The molecule has 1 aliphatic rings. The number of aromatic nitrogens is 2. The number of amides is 1. The number of rotatable bonds is 6. The van der Waals surface area contributed by atoms with Crippen molar-refractivity contribution in [3.63, 3.8) is 0 Å². The lowest BCUT2D eigenvalue weighted by Gasteiger charge is -2.32. The molecule has 0 radical (unpaired) electrons. The number of hydrogen-bond acceptors (Lipinski definition) is 5. The fourth-order valence-corrected chi connectivity index (χ4v) is 2.82. The maximum atomic E-state index is 12.0. The first-order valence-corrected chi connectivity index (χ1v) is 8.10. The highest BCUT2D eigenvalue weighted by molar-refractivity contribution is 5.96. The van der Waals surface area contributed by atoms with E-state index in [2.05, 4.69) is 20.2 Å². The molecule has 1 aromatic carbocycles. The third kappa shape index (κ3) is 4.33. The van der Waals surface area contributed by atoms with Gasteiger partial charge in [0.1, 0.15) is 5.75 Å². The first kappa shape index (κ1) is 16.5. The minimum atomic E-state index is -0.266. The van der Waals surface area contributed by atoms with E-state index in [1.54, 1.807) is 24.5 Å². The van der Waals surface area contributed by atoms with E-state index in [0.717, 1.165) is 31.7 Å². The molecule has 2 aromatic rings. The van der Waals surface area contributed by atoms with Gasteiger partial charge >= 0.3 is 0 Å². The van der Waals surface area contributed by atoms with Crippen molar-refractivity contribution in [1.82, 2.24) is 20.2 Å². The SMILES string of the molecule is O=C(NCC[C@H]1CN(Cc2cnc[nH]2)CCO1)c1ccccc1O. The molecule has 7 heteroatoms. The van der Waals surface area contributed by atoms with Gasteiger partial charge in [0.15, 0.2) is 0 Å². The summed E-state index contributed by atoms with van der Waals surface area (Å²) in [5, 5.41) is 12.5. The molecule has 1 atom stereocenters. The van der Waals surface area contributed by atoms with Crippen LogP contribution in [0.15, 0.2) is 36.8 Å². The van der Waals surface area contributed by atoms with Crippen molar-refractivity contribution in [1.29, 1.82) is 0 Å². The predicted molar refractivity (Wildman–Crippen MR) is 88.7 cm³/mol. The van der Waals surface area contributed by atoms with Crippen LogP contribution in [0.3, 0.4) is 0 Å². The molecule has 2 heterocycles. The van der Waals surface area contributed by atoms with Gasteiger partial charge in [-0.1, -0.05) is 12.1 Å². The number of benzene rings is 1. The number of carbonyl (C=O) groups excluding carboxylic acids is 1. The van der Waals surface area contributed by atoms with Gasteiger partial charge in [-0.2, -0.15) is 0 Å². The Morgan fingerprint density at radius 2 is 2.33 bits per heavy atom. The van der Waals surface area contributed by atoms with Gasteiger partial charge in [-0.05, 0) is 18.6 Å². The summed E-state index contributed by atoms with van der Waals surface area (Å²) in [6.07, 6.45) is 4.34. The lowest BCUT2D eigenvalue weighted by molar-refractivity contribution is -0.0345. The zero-order valence-corrected chi connectivity index (χ0v) is 13.4. The second-order valence-electron chi connectivity index (χ2n) is 5.87. The lowest BCUT2D eigenvalue weighted by atomic mass is 10.1. The Morgan fingerprint density at radius 3 is 3.12 bits per heavy atom. The average Bonchev–Trinajstić information content (AvgIpc) is 3.08. The minimum Gasteiger partial charge on any atom is -0.507 e. The van der Waals surface area contributed by atoms with Gasteiger partial charge in [-0.3, -0.25) is 9.69 Å². The molecule has 3 rings (SSSR count). The highest BCUT2D eigenvalue weighted by Crippen LogP contribution is 2.15. The summed E-state index contributed by atoms with van der Waals surface area (Å²) in [6, 6.07) is 6.53. The highest BCUT2D eigenvalue weighted by atomic mass is 16.5. The number of phenols is 1. The van der Waals surface area contributed by atoms with Crippen molar-refractivity contribution in [2.75, 3.05) is 26.2 Å². The van der Waals surface area contributed by atoms with Crippen LogP contribution >= 0.6 is 0 Å². The van der Waals surface area contributed by atoms with E-state index in [4.69, 9.17) is 4.74 Å². The first-order valence-electron chi connectivity index (χ1n) is 8.10. The number of morpholine rings is 1. The lowest BCUT2D eigenvalue weighted by Crippen LogP contribution is -2.43. The number of nitrogens with one attached hydrogen (secondary N) is 2. The molecule has 7 nitrogen and oxygen atoms in total. The zero-order chi connectivity index (χ0) is 16.8. The van der Waals surface area contributed by atoms with Gasteiger partial charge in [0.2, 0.25) is 0 Å². The van der Waals surface area contributed by atoms with Crippen LogP contribution in [0.5, 0.6) is 5.75 Å². The van der Waals surface area contributed by atoms with E-state index < -0.39 is 0 Å². The molecule has 1 amide bonds. The number of aromatic hydroxyl groups is 1. The van der Waals surface area contributed by atoms with Crippen LogP contribution in [0.1, 0.15) is 22.5 Å². The summed E-state index contributed by atoms with van der Waals surface area (Å²) in [6.45, 7) is 3.73. The maximum absolute atomic E-state index is 12.0. The van der Waals surface area contributed by atoms with Gasteiger partial charge in [-0.25, -0.2) is 4.98 Å². The molecule has 0 saturated carbocycles. The summed E-state index contributed by atoms with van der Waals surface area (Å²) in [4.78, 5) is 21.5. The van der Waals surface area contributed by atoms with Crippen LogP contribution in [0.25, 0.3) is 0 Å². The third-order valence-corrected chi connectivity index (χ3v) is 4.07. The Morgan fingerprint density at radius 1 is 1.46 bits per heavy atom. The molecule has 3 N–H and O–H groups in total. The van der Waals surface area contributed by atoms with Crippen LogP contribution in [0.2, 0.25) is 0 Å². The Labute approximate surface area is 140 Å². The van der Waals surface area contributed by atoms with Crippen LogP contribution in [-0.4, -0.2) is 58.2 Å². The Hall–Kier alpha value is -2.38. The van der Waals surface area contributed by atoms with E-state index in [1.165, 1.54) is 6.07 Å². The molecule has 0 aliphatic carbocycles. The van der Waals surface area contributed by atoms with Crippen LogP contribution in [0.4, 0.5) is 0 Å². The van der Waals surface area contributed by atoms with Gasteiger partial charge in [0.05, 0.1) is 24.6 Å². The monoisotopic (exact) mass is 330 g/mol. The first-order chi connectivity index (χ1) is 11.7. The fourth-order valence-electron chi connectivity index (χ4n) is 2.82. The van der Waals surface area contributed by atoms with E-state index in [1.807, 2.05) is 6.20 Å². The smallest absolute Gasteiger partial charge is 0.255 e. The summed E-state index contributed by atoms with van der Waals surface area (Å²) in [5.41, 5.74) is 1.38. The van der Waals surface area contributed by atoms with Crippen molar-refractivity contribution in [2.24, 2.45) is 0 Å². The largest absolute Gasteiger partial charge is 0.507 e. The highest BCUT2D eigenvalue weighted by Gasteiger charge is 2.21. The molecule has 1 aromatic heterocycles. The summed E-state index contributed by atoms with van der Waals surface area (Å²) < 4.78 is 5.77.